The fourth-order valence-electron chi connectivity index (χ4n) is 1.45. The van der Waals surface area contributed by atoms with E-state index < -0.39 is 0 Å². The molecule has 1 aromatic carbocycles. The van der Waals surface area contributed by atoms with Crippen LogP contribution in [0.4, 0.5) is 5.69 Å². The Morgan fingerprint density at radius 2 is 1.93 bits per heavy atom. The van der Waals surface area contributed by atoms with Crippen molar-refractivity contribution < 1.29 is 0 Å². The smallest absolute Gasteiger partial charge is 0.0400 e. The summed E-state index contributed by atoms with van der Waals surface area (Å²) in [5.41, 5.74) is 3.69. The predicted molar refractivity (Wildman–Crippen MR) is 65.6 cm³/mol. The first kappa shape index (κ1) is 11.1. The summed E-state index contributed by atoms with van der Waals surface area (Å²) in [5.74, 6) is 2.62. The summed E-state index contributed by atoms with van der Waals surface area (Å²) >= 11 is 3.47. The summed E-state index contributed by atoms with van der Waals surface area (Å²) in [7, 11) is 0. The van der Waals surface area contributed by atoms with E-state index in [0.29, 0.717) is 0 Å². The Morgan fingerprint density at radius 1 is 1.36 bits per heavy atom. The summed E-state index contributed by atoms with van der Waals surface area (Å²) in [6.07, 6.45) is 5.95. The van der Waals surface area contributed by atoms with Crippen LogP contribution >= 0.6 is 15.9 Å². The molecule has 1 N–H and O–H groups in total. The second-order valence-corrected chi connectivity index (χ2v) is 4.21. The first-order chi connectivity index (χ1) is 6.65. The number of nitrogens with one attached hydrogen (secondary N) is 1. The van der Waals surface area contributed by atoms with E-state index >= 15 is 0 Å². The molecule has 0 saturated heterocycles. The van der Waals surface area contributed by atoms with Crippen LogP contribution in [-0.4, -0.2) is 6.54 Å². The van der Waals surface area contributed by atoms with E-state index in [0.717, 1.165) is 17.4 Å². The van der Waals surface area contributed by atoms with Gasteiger partial charge in [0.05, 0.1) is 0 Å². The second kappa shape index (κ2) is 5.07. The number of benzene rings is 1. The van der Waals surface area contributed by atoms with Crippen LogP contribution in [0.3, 0.4) is 0 Å². The highest BCUT2D eigenvalue weighted by atomic mass is 79.9. The minimum atomic E-state index is 0.759. The summed E-state index contributed by atoms with van der Waals surface area (Å²) in [4.78, 5) is 0. The number of halogens is 1. The Balaban J connectivity index is 2.81. The molecule has 0 fully saturated rings. The monoisotopic (exact) mass is 251 g/mol. The average molecular weight is 252 g/mol. The molecule has 0 unspecified atom stereocenters. The molecular weight excluding hydrogens is 238 g/mol. The lowest BCUT2D eigenvalue weighted by molar-refractivity contribution is 1.08. The number of anilines is 1. The zero-order chi connectivity index (χ0) is 10.6. The summed E-state index contributed by atoms with van der Waals surface area (Å²) < 4.78 is 1.12. The third-order valence-corrected chi connectivity index (χ3v) is 2.53. The van der Waals surface area contributed by atoms with Crippen LogP contribution in [0.2, 0.25) is 0 Å². The molecule has 1 aromatic rings. The number of hydrogen-bond acceptors (Lipinski definition) is 1. The molecule has 0 radical (unpaired) electrons. The van der Waals surface area contributed by atoms with Gasteiger partial charge in [-0.25, -0.2) is 0 Å². The van der Waals surface area contributed by atoms with Gasteiger partial charge < -0.3 is 5.32 Å². The molecule has 0 bridgehead atoms. The average Bonchev–Trinajstić information content (AvgIpc) is 2.09. The van der Waals surface area contributed by atoms with E-state index in [9.17, 15) is 0 Å². The minimum Gasteiger partial charge on any atom is -0.384 e. The van der Waals surface area contributed by atoms with Crippen molar-refractivity contribution in [1.82, 2.24) is 0 Å². The van der Waals surface area contributed by atoms with E-state index in [1.807, 2.05) is 0 Å². The van der Waals surface area contributed by atoms with Crippen LogP contribution in [0, 0.1) is 26.2 Å². The first-order valence-electron chi connectivity index (χ1n) is 4.59. The van der Waals surface area contributed by atoms with Crippen LogP contribution in [0.5, 0.6) is 0 Å². The Labute approximate surface area is 94.0 Å². The zero-order valence-electron chi connectivity index (χ0n) is 8.52. The lowest BCUT2D eigenvalue weighted by Crippen LogP contribution is -2.03. The largest absolute Gasteiger partial charge is 0.384 e. The molecule has 0 atom stereocenters. The van der Waals surface area contributed by atoms with Crippen molar-refractivity contribution in [2.24, 2.45) is 0 Å². The van der Waals surface area contributed by atoms with E-state index in [1.165, 1.54) is 16.8 Å². The number of aryl methyl sites for hydroxylation is 2. The van der Waals surface area contributed by atoms with Gasteiger partial charge in [-0.1, -0.05) is 15.9 Å². The topological polar surface area (TPSA) is 12.0 Å². The molecule has 0 aromatic heterocycles. The van der Waals surface area contributed by atoms with E-state index in [1.54, 1.807) is 0 Å². The molecule has 0 saturated carbocycles. The van der Waals surface area contributed by atoms with E-state index in [4.69, 9.17) is 6.42 Å². The molecule has 0 heterocycles. The molecule has 0 spiro atoms. The van der Waals surface area contributed by atoms with Gasteiger partial charge >= 0.3 is 0 Å². The van der Waals surface area contributed by atoms with Gasteiger partial charge in [0.2, 0.25) is 0 Å². The summed E-state index contributed by atoms with van der Waals surface area (Å²) in [6.45, 7) is 5.02. The van der Waals surface area contributed by atoms with Gasteiger partial charge in [0.15, 0.2) is 0 Å². The molecule has 1 nitrogen and oxygen atoms in total. The minimum absolute atomic E-state index is 0.759. The predicted octanol–water partition coefficient (Wildman–Crippen LogP) is 3.50. The molecular formula is C12H14BrN. The maximum absolute atomic E-state index is 5.20. The highest BCUT2D eigenvalue weighted by Gasteiger charge is 2.02. The number of hydrogen-bond donors (Lipinski definition) is 1. The molecule has 0 aliphatic rings. The van der Waals surface area contributed by atoms with Crippen LogP contribution < -0.4 is 5.32 Å². The van der Waals surface area contributed by atoms with E-state index in [2.05, 4.69) is 53.1 Å². The van der Waals surface area contributed by atoms with Gasteiger partial charge in [0, 0.05) is 23.1 Å². The standard InChI is InChI=1S/C12H14BrN/c1-4-5-6-14-12-9(2)7-11(13)8-10(12)3/h1,7-8,14H,5-6H2,2-3H3. The Morgan fingerprint density at radius 3 is 2.43 bits per heavy atom. The third-order valence-electron chi connectivity index (χ3n) is 2.07. The third kappa shape index (κ3) is 2.78. The lowest BCUT2D eigenvalue weighted by atomic mass is 10.1. The van der Waals surface area contributed by atoms with Gasteiger partial charge in [-0.05, 0) is 37.1 Å². The normalized spacial score (nSPS) is 9.57. The lowest BCUT2D eigenvalue weighted by Gasteiger charge is -2.12. The van der Waals surface area contributed by atoms with Gasteiger partial charge in [-0.15, -0.1) is 12.3 Å². The first-order valence-corrected chi connectivity index (χ1v) is 5.38. The van der Waals surface area contributed by atoms with Crippen molar-refractivity contribution in [2.75, 3.05) is 11.9 Å². The highest BCUT2D eigenvalue weighted by molar-refractivity contribution is 9.10. The van der Waals surface area contributed by atoms with Crippen LogP contribution in [-0.2, 0) is 0 Å². The highest BCUT2D eigenvalue weighted by Crippen LogP contribution is 2.24. The molecule has 0 amide bonds. The maximum atomic E-state index is 5.20. The van der Waals surface area contributed by atoms with Crippen molar-refractivity contribution in [3.8, 4) is 12.3 Å². The molecule has 0 aliphatic carbocycles. The Hall–Kier alpha value is -0.940. The van der Waals surface area contributed by atoms with Gasteiger partial charge in [-0.2, -0.15) is 0 Å². The maximum Gasteiger partial charge on any atom is 0.0400 e. The number of terminal acetylenes is 1. The van der Waals surface area contributed by atoms with Crippen LogP contribution in [0.15, 0.2) is 16.6 Å². The summed E-state index contributed by atoms with van der Waals surface area (Å²) in [5, 5.41) is 3.35. The van der Waals surface area contributed by atoms with Gasteiger partial charge in [-0.3, -0.25) is 0 Å². The second-order valence-electron chi connectivity index (χ2n) is 3.30. The van der Waals surface area contributed by atoms with Gasteiger partial charge in [0.1, 0.15) is 0 Å². The van der Waals surface area contributed by atoms with Crippen molar-refractivity contribution in [3.05, 3.63) is 27.7 Å². The number of rotatable bonds is 3. The molecule has 1 rings (SSSR count). The van der Waals surface area contributed by atoms with Crippen molar-refractivity contribution in [2.45, 2.75) is 20.3 Å². The van der Waals surface area contributed by atoms with Crippen molar-refractivity contribution in [3.63, 3.8) is 0 Å². The van der Waals surface area contributed by atoms with Crippen molar-refractivity contribution in [1.29, 1.82) is 0 Å². The SMILES string of the molecule is C#CCCNc1c(C)cc(Br)cc1C. The fourth-order valence-corrected chi connectivity index (χ4v) is 2.14. The molecule has 14 heavy (non-hydrogen) atoms. The molecule has 0 aliphatic heterocycles. The van der Waals surface area contributed by atoms with Crippen molar-refractivity contribution >= 4 is 21.6 Å². The van der Waals surface area contributed by atoms with Crippen LogP contribution in [0.25, 0.3) is 0 Å². The quantitative estimate of drug-likeness (QED) is 0.641. The Bertz CT molecular complexity index is 340. The van der Waals surface area contributed by atoms with Gasteiger partial charge in [0.25, 0.3) is 0 Å². The Kier molecular flexibility index (Phi) is 4.03. The van der Waals surface area contributed by atoms with Crippen LogP contribution in [0.1, 0.15) is 17.5 Å². The molecule has 2 heteroatoms. The fraction of sp³-hybridized carbons (Fsp3) is 0.333. The van der Waals surface area contributed by atoms with E-state index in [-0.39, 0.29) is 0 Å². The summed E-state index contributed by atoms with van der Waals surface area (Å²) in [6, 6.07) is 4.20. The zero-order valence-corrected chi connectivity index (χ0v) is 10.1. The molecule has 74 valence electrons.